The van der Waals surface area contributed by atoms with E-state index in [1.54, 1.807) is 30.5 Å². The zero-order valence-corrected chi connectivity index (χ0v) is 12.7. The van der Waals surface area contributed by atoms with E-state index in [1.807, 2.05) is 13.0 Å². The number of ether oxygens (including phenoxy) is 2. The number of carbonyl (C=O) groups excluding carboxylic acids is 2. The Bertz CT molecular complexity index is 665. The standard InChI is InChI=1S/C16H18N2O4/c1-10-6-7-14(21-3)13(9-10)18-15(19)11(2)22-16(20)12-5-4-8-17-12/h4-9,11,17H,1-3H3,(H,18,19)/t11-/m1/s1. The van der Waals surface area contributed by atoms with Gasteiger partial charge < -0.3 is 19.8 Å². The highest BCUT2D eigenvalue weighted by atomic mass is 16.5. The van der Waals surface area contributed by atoms with Crippen molar-refractivity contribution in [3.63, 3.8) is 0 Å². The van der Waals surface area contributed by atoms with Gasteiger partial charge in [-0.3, -0.25) is 4.79 Å². The molecule has 6 nitrogen and oxygen atoms in total. The molecule has 0 radical (unpaired) electrons. The van der Waals surface area contributed by atoms with Gasteiger partial charge in [0.15, 0.2) is 6.10 Å². The fourth-order valence-electron chi connectivity index (χ4n) is 1.89. The van der Waals surface area contributed by atoms with Gasteiger partial charge in [0.1, 0.15) is 11.4 Å². The highest BCUT2D eigenvalue weighted by Crippen LogP contribution is 2.25. The molecule has 116 valence electrons. The van der Waals surface area contributed by atoms with E-state index in [4.69, 9.17) is 9.47 Å². The fraction of sp³-hybridized carbons (Fsp3) is 0.250. The van der Waals surface area contributed by atoms with E-state index in [0.29, 0.717) is 17.1 Å². The summed E-state index contributed by atoms with van der Waals surface area (Å²) in [5.41, 5.74) is 1.81. The van der Waals surface area contributed by atoms with Gasteiger partial charge in [-0.15, -0.1) is 0 Å². The van der Waals surface area contributed by atoms with Gasteiger partial charge in [-0.05, 0) is 43.7 Å². The Morgan fingerprint density at radius 3 is 2.68 bits per heavy atom. The first-order valence-corrected chi connectivity index (χ1v) is 6.81. The summed E-state index contributed by atoms with van der Waals surface area (Å²) in [5.74, 6) is -0.463. The third-order valence-corrected chi connectivity index (χ3v) is 3.08. The molecule has 0 saturated carbocycles. The van der Waals surface area contributed by atoms with E-state index >= 15 is 0 Å². The summed E-state index contributed by atoms with van der Waals surface area (Å²) >= 11 is 0. The van der Waals surface area contributed by atoms with Crippen LogP contribution in [0.15, 0.2) is 36.5 Å². The molecule has 0 aliphatic rings. The van der Waals surface area contributed by atoms with Gasteiger partial charge >= 0.3 is 5.97 Å². The molecule has 0 saturated heterocycles. The van der Waals surface area contributed by atoms with Crippen LogP contribution in [0.3, 0.4) is 0 Å². The lowest BCUT2D eigenvalue weighted by Crippen LogP contribution is -2.30. The summed E-state index contributed by atoms with van der Waals surface area (Å²) < 4.78 is 10.3. The van der Waals surface area contributed by atoms with Crippen LogP contribution in [0.25, 0.3) is 0 Å². The Morgan fingerprint density at radius 2 is 2.05 bits per heavy atom. The molecular formula is C16H18N2O4. The largest absolute Gasteiger partial charge is 0.495 e. The number of esters is 1. The topological polar surface area (TPSA) is 80.4 Å². The number of methoxy groups -OCH3 is 1. The van der Waals surface area contributed by atoms with Crippen LogP contribution >= 0.6 is 0 Å². The maximum Gasteiger partial charge on any atom is 0.355 e. The number of aromatic nitrogens is 1. The first-order valence-electron chi connectivity index (χ1n) is 6.81. The molecule has 2 rings (SSSR count). The second-order valence-electron chi connectivity index (χ2n) is 4.82. The van der Waals surface area contributed by atoms with Crippen molar-refractivity contribution in [2.75, 3.05) is 12.4 Å². The van der Waals surface area contributed by atoms with E-state index in [-0.39, 0.29) is 0 Å². The quantitative estimate of drug-likeness (QED) is 0.832. The second-order valence-corrected chi connectivity index (χ2v) is 4.82. The Hall–Kier alpha value is -2.76. The van der Waals surface area contributed by atoms with Gasteiger partial charge in [-0.2, -0.15) is 0 Å². The molecule has 1 aromatic carbocycles. The second kappa shape index (κ2) is 6.80. The Labute approximate surface area is 128 Å². The first kappa shape index (κ1) is 15.6. The zero-order valence-electron chi connectivity index (χ0n) is 12.7. The molecular weight excluding hydrogens is 284 g/mol. The summed E-state index contributed by atoms with van der Waals surface area (Å²) in [7, 11) is 1.52. The fourth-order valence-corrected chi connectivity index (χ4v) is 1.89. The van der Waals surface area contributed by atoms with Crippen molar-refractivity contribution in [2.24, 2.45) is 0 Å². The van der Waals surface area contributed by atoms with E-state index < -0.39 is 18.0 Å². The van der Waals surface area contributed by atoms with Crippen molar-refractivity contribution in [3.8, 4) is 5.75 Å². The summed E-state index contributed by atoms with van der Waals surface area (Å²) in [4.78, 5) is 26.7. The minimum atomic E-state index is -0.930. The van der Waals surface area contributed by atoms with Gasteiger partial charge in [-0.1, -0.05) is 6.07 Å². The number of carbonyl (C=O) groups is 2. The minimum absolute atomic E-state index is 0.299. The smallest absolute Gasteiger partial charge is 0.355 e. The lowest BCUT2D eigenvalue weighted by atomic mass is 10.2. The molecule has 1 aromatic heterocycles. The average molecular weight is 302 g/mol. The normalized spacial score (nSPS) is 11.6. The molecule has 2 N–H and O–H groups in total. The molecule has 2 aromatic rings. The third kappa shape index (κ3) is 3.66. The van der Waals surface area contributed by atoms with Gasteiger partial charge in [0.05, 0.1) is 12.8 Å². The Balaban J connectivity index is 2.02. The molecule has 0 aliphatic carbocycles. The van der Waals surface area contributed by atoms with Crippen LogP contribution in [0.2, 0.25) is 0 Å². The van der Waals surface area contributed by atoms with Crippen LogP contribution in [0.1, 0.15) is 23.0 Å². The maximum absolute atomic E-state index is 12.1. The van der Waals surface area contributed by atoms with Gasteiger partial charge in [0, 0.05) is 6.20 Å². The number of rotatable bonds is 5. The van der Waals surface area contributed by atoms with Crippen LogP contribution in [0, 0.1) is 6.92 Å². The van der Waals surface area contributed by atoms with Crippen molar-refractivity contribution in [3.05, 3.63) is 47.8 Å². The van der Waals surface area contributed by atoms with Crippen molar-refractivity contribution < 1.29 is 19.1 Å². The average Bonchev–Trinajstić information content (AvgIpc) is 3.01. The molecule has 0 aliphatic heterocycles. The molecule has 0 bridgehead atoms. The lowest BCUT2D eigenvalue weighted by Gasteiger charge is -2.15. The SMILES string of the molecule is COc1ccc(C)cc1NC(=O)[C@@H](C)OC(=O)c1ccc[nH]1. The number of hydrogen-bond donors (Lipinski definition) is 2. The summed E-state index contributed by atoms with van der Waals surface area (Å²) in [6.07, 6.45) is 0.680. The molecule has 1 heterocycles. The van der Waals surface area contributed by atoms with Crippen LogP contribution < -0.4 is 10.1 Å². The highest BCUT2D eigenvalue weighted by molar-refractivity contribution is 5.97. The monoisotopic (exact) mass is 302 g/mol. The van der Waals surface area contributed by atoms with Crippen LogP contribution in [0.5, 0.6) is 5.75 Å². The van der Waals surface area contributed by atoms with Crippen molar-refractivity contribution >= 4 is 17.6 Å². The first-order chi connectivity index (χ1) is 10.5. The molecule has 6 heteroatoms. The van der Waals surface area contributed by atoms with Crippen LogP contribution in [-0.2, 0) is 9.53 Å². The Kier molecular flexibility index (Phi) is 4.83. The van der Waals surface area contributed by atoms with E-state index in [0.717, 1.165) is 5.56 Å². The number of aryl methyl sites for hydroxylation is 1. The maximum atomic E-state index is 12.1. The van der Waals surface area contributed by atoms with Crippen LogP contribution in [-0.4, -0.2) is 30.1 Å². The summed E-state index contributed by atoms with van der Waals surface area (Å²) in [6, 6.07) is 8.69. The molecule has 1 atom stereocenters. The van der Waals surface area contributed by atoms with Gasteiger partial charge in [0.2, 0.25) is 0 Å². The summed E-state index contributed by atoms with van der Waals surface area (Å²) in [5, 5.41) is 2.70. The van der Waals surface area contributed by atoms with E-state index in [2.05, 4.69) is 10.3 Å². The number of H-pyrrole nitrogens is 1. The summed E-state index contributed by atoms with van der Waals surface area (Å²) in [6.45, 7) is 3.42. The predicted octanol–water partition coefficient (Wildman–Crippen LogP) is 2.52. The number of amides is 1. The van der Waals surface area contributed by atoms with E-state index in [9.17, 15) is 9.59 Å². The number of anilines is 1. The van der Waals surface area contributed by atoms with E-state index in [1.165, 1.54) is 14.0 Å². The number of benzene rings is 1. The molecule has 22 heavy (non-hydrogen) atoms. The predicted molar refractivity (Wildman–Crippen MR) is 82.0 cm³/mol. The lowest BCUT2D eigenvalue weighted by molar-refractivity contribution is -0.123. The molecule has 0 unspecified atom stereocenters. The highest BCUT2D eigenvalue weighted by Gasteiger charge is 2.20. The van der Waals surface area contributed by atoms with Crippen molar-refractivity contribution in [2.45, 2.75) is 20.0 Å². The van der Waals surface area contributed by atoms with Gasteiger partial charge in [0.25, 0.3) is 5.91 Å². The number of aromatic amines is 1. The third-order valence-electron chi connectivity index (χ3n) is 3.08. The Morgan fingerprint density at radius 1 is 1.27 bits per heavy atom. The minimum Gasteiger partial charge on any atom is -0.495 e. The van der Waals surface area contributed by atoms with Crippen molar-refractivity contribution in [1.82, 2.24) is 4.98 Å². The van der Waals surface area contributed by atoms with Gasteiger partial charge in [-0.25, -0.2) is 4.79 Å². The molecule has 0 fully saturated rings. The number of hydrogen-bond acceptors (Lipinski definition) is 4. The zero-order chi connectivity index (χ0) is 16.1. The van der Waals surface area contributed by atoms with Crippen molar-refractivity contribution in [1.29, 1.82) is 0 Å². The number of nitrogens with one attached hydrogen (secondary N) is 2. The molecule has 1 amide bonds. The molecule has 0 spiro atoms. The van der Waals surface area contributed by atoms with Crippen LogP contribution in [0.4, 0.5) is 5.69 Å².